The minimum absolute atomic E-state index is 0.150. The molecule has 4 aromatic rings. The van der Waals surface area contributed by atoms with Crippen molar-refractivity contribution in [3.8, 4) is 0 Å². The summed E-state index contributed by atoms with van der Waals surface area (Å²) in [6.07, 6.45) is 1.22. The molecule has 358 valence electrons. The Bertz CT molecular complexity index is 2140. The van der Waals surface area contributed by atoms with Crippen molar-refractivity contribution in [1.29, 1.82) is 0 Å². The Labute approximate surface area is 392 Å². The van der Waals surface area contributed by atoms with Crippen LogP contribution in [0.1, 0.15) is 65.7 Å². The van der Waals surface area contributed by atoms with Crippen molar-refractivity contribution in [3.63, 3.8) is 0 Å². The quantitative estimate of drug-likeness (QED) is 0.0565. The number of thiazole rings is 2. The Kier molecular flexibility index (Phi) is 20.6. The molecule has 1 saturated heterocycles. The lowest BCUT2D eigenvalue weighted by Gasteiger charge is -2.30. The lowest BCUT2D eigenvalue weighted by Crippen LogP contribution is -2.54. The van der Waals surface area contributed by atoms with Crippen LogP contribution in [0.15, 0.2) is 89.3 Å². The van der Waals surface area contributed by atoms with Crippen molar-refractivity contribution in [2.45, 2.75) is 95.4 Å². The zero-order valence-corrected chi connectivity index (χ0v) is 39.0. The molecule has 2 aromatic heterocycles. The van der Waals surface area contributed by atoms with Gasteiger partial charge in [0.15, 0.2) is 11.9 Å². The van der Waals surface area contributed by atoms with Crippen molar-refractivity contribution in [3.05, 3.63) is 116 Å². The Morgan fingerprint density at radius 3 is 2.11 bits per heavy atom. The highest BCUT2D eigenvalue weighted by molar-refractivity contribution is 7.09. The Balaban J connectivity index is 0.000000590. The number of amides is 4. The van der Waals surface area contributed by atoms with Crippen LogP contribution in [0.5, 0.6) is 0 Å². The summed E-state index contributed by atoms with van der Waals surface area (Å²) < 4.78 is 15.4. The van der Waals surface area contributed by atoms with Gasteiger partial charge in [0.05, 0.1) is 47.5 Å². The van der Waals surface area contributed by atoms with Gasteiger partial charge in [-0.25, -0.2) is 19.4 Å². The molecule has 2 aliphatic rings. The lowest BCUT2D eigenvalue weighted by atomic mass is 9.95. The number of carbonyl (C=O) groups excluding carboxylic acids is 4. The number of alkyl carbamates (subject to hydrolysis) is 1. The fourth-order valence-corrected chi connectivity index (χ4v) is 8.40. The number of rotatable bonds is 21. The van der Waals surface area contributed by atoms with Gasteiger partial charge in [0, 0.05) is 56.3 Å². The second-order valence-electron chi connectivity index (χ2n) is 16.3. The zero-order chi connectivity index (χ0) is 47.4. The molecule has 0 radical (unpaired) electrons. The summed E-state index contributed by atoms with van der Waals surface area (Å²) in [5.41, 5.74) is 4.70. The van der Waals surface area contributed by atoms with Crippen molar-refractivity contribution >= 4 is 46.7 Å². The van der Waals surface area contributed by atoms with Gasteiger partial charge in [0.2, 0.25) is 11.7 Å². The molecular weight excluding hydrogens is 891 g/mol. The van der Waals surface area contributed by atoms with Crippen molar-refractivity contribution in [2.75, 3.05) is 46.5 Å². The maximum Gasteiger partial charge on any atom is 0.407 e. The molecule has 2 aliphatic heterocycles. The van der Waals surface area contributed by atoms with Gasteiger partial charge >= 0.3 is 18.1 Å². The summed E-state index contributed by atoms with van der Waals surface area (Å²) in [5, 5.41) is 47.5. The first-order chi connectivity index (χ1) is 31.8. The maximum absolute atomic E-state index is 14.2. The Morgan fingerprint density at radius 1 is 0.924 bits per heavy atom. The molecule has 5 atom stereocenters. The molecule has 0 bridgehead atoms. The van der Waals surface area contributed by atoms with E-state index < -0.39 is 48.4 Å². The summed E-state index contributed by atoms with van der Waals surface area (Å²) in [6.45, 7) is 7.51. The molecule has 7 N–H and O–H groups in total. The van der Waals surface area contributed by atoms with Crippen LogP contribution in [-0.4, -0.2) is 141 Å². The van der Waals surface area contributed by atoms with E-state index in [4.69, 9.17) is 29.9 Å². The number of nitrogens with zero attached hydrogens (tertiary/aromatic N) is 4. The molecule has 20 heteroatoms. The first kappa shape index (κ1) is 51.3. The molecule has 18 nitrogen and oxygen atoms in total. The topological polar surface area (TPSA) is 245 Å². The van der Waals surface area contributed by atoms with Gasteiger partial charge in [-0.2, -0.15) is 0 Å². The maximum atomic E-state index is 14.2. The molecule has 3 unspecified atom stereocenters. The summed E-state index contributed by atoms with van der Waals surface area (Å²) in [7, 11) is 1.72. The van der Waals surface area contributed by atoms with Crippen LogP contribution >= 0.6 is 22.7 Å². The molecule has 2 aromatic carbocycles. The van der Waals surface area contributed by atoms with E-state index >= 15 is 0 Å². The van der Waals surface area contributed by atoms with E-state index in [1.54, 1.807) is 35.0 Å². The molecule has 0 saturated carbocycles. The van der Waals surface area contributed by atoms with E-state index in [2.05, 4.69) is 49.4 Å². The standard InChI is InChI=1S/C40H53N7O5S2.C6H8O6/c1-29(2)38-43-34(27-53-38)25-46(3)39(49)45-36(16-17-47-18-20-51-21-19-47)37(48)42-32(22-30-10-6-4-7-11-30)14-15-33(23-31-12-8-5-9-13-31)44-40(50)52-26-35-24-41-28-54-35;7-1-2(8)5-3(9)4(10)6(11)12-5/h4-13,24,27-29,32-33,36H,14-23,25-26H2,1-3H3,(H,42,48)(H,44,50)(H,45,49);2,5,7-10H,1H2/t;2-,5+/m.0/s1. The molecule has 4 amide bonds. The molecule has 0 aliphatic carbocycles. The van der Waals surface area contributed by atoms with Crippen molar-refractivity contribution in [1.82, 2.24) is 35.7 Å². The molecule has 1 fully saturated rings. The van der Waals surface area contributed by atoms with E-state index in [1.165, 1.54) is 11.3 Å². The molecular formula is C46H61N7O11S2. The van der Waals surface area contributed by atoms with Crippen LogP contribution in [0.25, 0.3) is 0 Å². The number of nitrogens with one attached hydrogen (secondary N) is 3. The number of morpholine rings is 1. The molecule has 66 heavy (non-hydrogen) atoms. The minimum atomic E-state index is -1.42. The van der Waals surface area contributed by atoms with Crippen molar-refractivity contribution in [2.24, 2.45) is 0 Å². The third-order valence-electron chi connectivity index (χ3n) is 10.7. The van der Waals surface area contributed by atoms with Gasteiger partial charge in [-0.05, 0) is 43.2 Å². The average Bonchev–Trinajstić information content (AvgIpc) is 4.09. The minimum Gasteiger partial charge on any atom is -0.505 e. The van der Waals surface area contributed by atoms with Crippen LogP contribution in [0.3, 0.4) is 0 Å². The molecule has 0 spiro atoms. The number of urea groups is 1. The summed E-state index contributed by atoms with van der Waals surface area (Å²) in [6, 6.07) is 18.4. The van der Waals surface area contributed by atoms with Crippen molar-refractivity contribution < 1.29 is 53.8 Å². The monoisotopic (exact) mass is 951 g/mol. The lowest BCUT2D eigenvalue weighted by molar-refractivity contribution is -0.147. The Morgan fingerprint density at radius 2 is 1.56 bits per heavy atom. The van der Waals surface area contributed by atoms with Gasteiger partial charge in [-0.15, -0.1) is 22.7 Å². The van der Waals surface area contributed by atoms with E-state index in [9.17, 15) is 19.2 Å². The molecule has 4 heterocycles. The van der Waals surface area contributed by atoms with E-state index in [1.807, 2.05) is 66.0 Å². The summed E-state index contributed by atoms with van der Waals surface area (Å²) >= 11 is 3.02. The summed E-state index contributed by atoms with van der Waals surface area (Å²) in [4.78, 5) is 64.7. The third kappa shape index (κ3) is 16.7. The number of ether oxygens (including phenoxy) is 3. The van der Waals surface area contributed by atoms with Crippen LogP contribution in [0, 0.1) is 0 Å². The van der Waals surface area contributed by atoms with Gasteiger partial charge in [0.1, 0.15) is 18.8 Å². The number of carbonyl (C=O) groups is 4. The van der Waals surface area contributed by atoms with Crippen LogP contribution in [0.4, 0.5) is 9.59 Å². The third-order valence-corrected chi connectivity index (χ3v) is 12.7. The number of aliphatic hydroxyl groups excluding tert-OH is 4. The fraction of sp³-hybridized carbons (Fsp3) is 0.478. The first-order valence-corrected chi connectivity index (χ1v) is 23.6. The van der Waals surface area contributed by atoms with Crippen LogP contribution in [0.2, 0.25) is 0 Å². The number of esters is 1. The largest absolute Gasteiger partial charge is 0.505 e. The van der Waals surface area contributed by atoms with Crippen LogP contribution in [-0.2, 0) is 49.8 Å². The van der Waals surface area contributed by atoms with Gasteiger partial charge in [-0.3, -0.25) is 14.7 Å². The predicted molar refractivity (Wildman–Crippen MR) is 248 cm³/mol. The smallest absolute Gasteiger partial charge is 0.407 e. The highest BCUT2D eigenvalue weighted by Crippen LogP contribution is 2.22. The predicted octanol–water partition coefficient (Wildman–Crippen LogP) is 4.59. The average molecular weight is 952 g/mol. The van der Waals surface area contributed by atoms with Gasteiger partial charge < -0.3 is 55.5 Å². The number of aromatic nitrogens is 2. The second-order valence-corrected chi connectivity index (χ2v) is 18.2. The van der Waals surface area contributed by atoms with Crippen LogP contribution < -0.4 is 16.0 Å². The van der Waals surface area contributed by atoms with E-state index in [-0.39, 0.29) is 30.6 Å². The number of benzene rings is 2. The van der Waals surface area contributed by atoms with Gasteiger partial charge in [-0.1, -0.05) is 74.5 Å². The highest BCUT2D eigenvalue weighted by atomic mass is 32.1. The Hall–Kier alpha value is -5.64. The van der Waals surface area contributed by atoms with E-state index in [0.29, 0.717) is 64.3 Å². The van der Waals surface area contributed by atoms with E-state index in [0.717, 1.165) is 39.8 Å². The zero-order valence-electron chi connectivity index (χ0n) is 37.4. The number of cyclic esters (lactones) is 1. The normalized spacial score (nSPS) is 16.9. The number of hydrogen-bond donors (Lipinski definition) is 7. The highest BCUT2D eigenvalue weighted by Gasteiger charge is 2.39. The first-order valence-electron chi connectivity index (χ1n) is 21.9. The molecule has 6 rings (SSSR count). The summed E-state index contributed by atoms with van der Waals surface area (Å²) in [5.74, 6) is -2.70. The second kappa shape index (κ2) is 26.5. The number of aliphatic hydroxyl groups is 4. The number of hydrogen-bond acceptors (Lipinski definition) is 16. The van der Waals surface area contributed by atoms with Gasteiger partial charge in [0.25, 0.3) is 0 Å². The SMILES string of the molecule is CC(C)c1nc(CN(C)C(=O)NC(CCN2CCOCC2)C(=O)NC(CCC(Cc2ccccc2)NC(=O)OCc2cncs2)Cc2ccccc2)cs1.O=C1O[C@H]([C@@H](O)CO)C(O)=C1O. The fourth-order valence-electron chi connectivity index (χ4n) is 7.07.